The third-order valence-electron chi connectivity index (χ3n) is 3.75. The highest BCUT2D eigenvalue weighted by atomic mass is 16.2. The van der Waals surface area contributed by atoms with Crippen molar-refractivity contribution in [3.8, 4) is 0 Å². The minimum Gasteiger partial charge on any atom is -0.346 e. The van der Waals surface area contributed by atoms with Crippen LogP contribution in [0.1, 0.15) is 24.5 Å². The van der Waals surface area contributed by atoms with Crippen LogP contribution in [0.15, 0.2) is 31.2 Å². The number of fused-ring (bicyclic) bond motifs is 1. The van der Waals surface area contributed by atoms with Crippen molar-refractivity contribution in [2.24, 2.45) is 0 Å². The SMILES string of the molecule is C=CC(=O)N1CCC(c2ncnc3[nH]ccc23)CC1. The second-order valence-corrected chi connectivity index (χ2v) is 4.80. The van der Waals surface area contributed by atoms with Crippen LogP contribution >= 0.6 is 0 Å². The van der Waals surface area contributed by atoms with E-state index in [1.165, 1.54) is 6.08 Å². The Morgan fingerprint density at radius 2 is 2.21 bits per heavy atom. The Labute approximate surface area is 111 Å². The summed E-state index contributed by atoms with van der Waals surface area (Å²) in [5.41, 5.74) is 1.98. The molecule has 3 rings (SSSR count). The fourth-order valence-electron chi connectivity index (χ4n) is 2.72. The van der Waals surface area contributed by atoms with Crippen molar-refractivity contribution in [1.29, 1.82) is 0 Å². The average Bonchev–Trinajstić information content (AvgIpc) is 2.95. The predicted octanol–water partition coefficient (Wildman–Crippen LogP) is 1.85. The molecular weight excluding hydrogens is 240 g/mol. The molecule has 1 saturated heterocycles. The summed E-state index contributed by atoms with van der Waals surface area (Å²) >= 11 is 0. The summed E-state index contributed by atoms with van der Waals surface area (Å²) in [7, 11) is 0. The number of nitrogens with one attached hydrogen (secondary N) is 1. The molecule has 0 aromatic carbocycles. The lowest BCUT2D eigenvalue weighted by atomic mass is 9.92. The maximum absolute atomic E-state index is 11.6. The topological polar surface area (TPSA) is 61.9 Å². The molecule has 1 aliphatic heterocycles. The number of hydrogen-bond donors (Lipinski definition) is 1. The number of H-pyrrole nitrogens is 1. The second kappa shape index (κ2) is 4.84. The van der Waals surface area contributed by atoms with E-state index in [4.69, 9.17) is 0 Å². The fraction of sp³-hybridized carbons (Fsp3) is 0.357. The van der Waals surface area contributed by atoms with Crippen LogP contribution in [0.3, 0.4) is 0 Å². The molecule has 5 heteroatoms. The standard InChI is InChI=1S/C14H16N4O/c1-2-12(19)18-7-4-10(5-8-18)13-11-3-6-15-14(11)17-9-16-13/h2-3,6,9-10H,1,4-5,7-8H2,(H,15,16,17). The highest BCUT2D eigenvalue weighted by molar-refractivity contribution is 5.87. The van der Waals surface area contributed by atoms with E-state index in [9.17, 15) is 4.79 Å². The van der Waals surface area contributed by atoms with Crippen LogP contribution in [0.4, 0.5) is 0 Å². The van der Waals surface area contributed by atoms with Crippen molar-refractivity contribution in [2.45, 2.75) is 18.8 Å². The molecule has 0 spiro atoms. The van der Waals surface area contributed by atoms with Gasteiger partial charge in [-0.2, -0.15) is 0 Å². The maximum Gasteiger partial charge on any atom is 0.245 e. The molecule has 19 heavy (non-hydrogen) atoms. The van der Waals surface area contributed by atoms with Gasteiger partial charge in [0.25, 0.3) is 0 Å². The predicted molar refractivity (Wildman–Crippen MR) is 72.6 cm³/mol. The van der Waals surface area contributed by atoms with E-state index < -0.39 is 0 Å². The first kappa shape index (κ1) is 11.9. The van der Waals surface area contributed by atoms with Crippen molar-refractivity contribution in [1.82, 2.24) is 19.9 Å². The zero-order chi connectivity index (χ0) is 13.2. The van der Waals surface area contributed by atoms with Crippen LogP contribution in [-0.2, 0) is 4.79 Å². The number of carbonyl (C=O) groups excluding carboxylic acids is 1. The molecule has 98 valence electrons. The summed E-state index contributed by atoms with van der Waals surface area (Å²) in [4.78, 5) is 25.2. The maximum atomic E-state index is 11.6. The first-order valence-electron chi connectivity index (χ1n) is 6.49. The van der Waals surface area contributed by atoms with Gasteiger partial charge in [0.2, 0.25) is 5.91 Å². The van der Waals surface area contributed by atoms with Crippen LogP contribution < -0.4 is 0 Å². The minimum absolute atomic E-state index is 0.0212. The molecule has 0 saturated carbocycles. The lowest BCUT2D eigenvalue weighted by Crippen LogP contribution is -2.37. The van der Waals surface area contributed by atoms with Crippen molar-refractivity contribution in [3.05, 3.63) is 36.9 Å². The molecular formula is C14H16N4O. The van der Waals surface area contributed by atoms with E-state index >= 15 is 0 Å². The molecule has 3 heterocycles. The zero-order valence-corrected chi connectivity index (χ0v) is 10.7. The number of aromatic amines is 1. The number of carbonyl (C=O) groups is 1. The number of amides is 1. The van der Waals surface area contributed by atoms with E-state index in [0.717, 1.165) is 42.7 Å². The van der Waals surface area contributed by atoms with Gasteiger partial charge in [0.15, 0.2) is 0 Å². The summed E-state index contributed by atoms with van der Waals surface area (Å²) in [5, 5.41) is 1.09. The van der Waals surface area contributed by atoms with E-state index in [2.05, 4.69) is 21.5 Å². The Hall–Kier alpha value is -2.17. The van der Waals surface area contributed by atoms with E-state index in [1.807, 2.05) is 17.2 Å². The van der Waals surface area contributed by atoms with Gasteiger partial charge in [-0.25, -0.2) is 9.97 Å². The number of hydrogen-bond acceptors (Lipinski definition) is 3. The van der Waals surface area contributed by atoms with Gasteiger partial charge in [-0.1, -0.05) is 6.58 Å². The third kappa shape index (κ3) is 2.12. The van der Waals surface area contributed by atoms with Crippen molar-refractivity contribution < 1.29 is 4.79 Å². The molecule has 1 N–H and O–H groups in total. The van der Waals surface area contributed by atoms with Crippen LogP contribution in [-0.4, -0.2) is 38.8 Å². The van der Waals surface area contributed by atoms with Gasteiger partial charge in [-0.05, 0) is 25.0 Å². The number of aromatic nitrogens is 3. The highest BCUT2D eigenvalue weighted by Crippen LogP contribution is 2.30. The number of likely N-dealkylation sites (tertiary alicyclic amines) is 1. The Morgan fingerprint density at radius 3 is 2.95 bits per heavy atom. The summed E-state index contributed by atoms with van der Waals surface area (Å²) in [6.45, 7) is 5.07. The lowest BCUT2D eigenvalue weighted by molar-refractivity contribution is -0.127. The molecule has 2 aromatic rings. The monoisotopic (exact) mass is 256 g/mol. The van der Waals surface area contributed by atoms with Crippen molar-refractivity contribution in [3.63, 3.8) is 0 Å². The van der Waals surface area contributed by atoms with Gasteiger partial charge in [0.05, 0.1) is 5.69 Å². The summed E-state index contributed by atoms with van der Waals surface area (Å²) in [6.07, 6.45) is 6.76. The molecule has 0 aliphatic carbocycles. The van der Waals surface area contributed by atoms with Gasteiger partial charge in [0.1, 0.15) is 12.0 Å². The second-order valence-electron chi connectivity index (χ2n) is 4.80. The van der Waals surface area contributed by atoms with Crippen LogP contribution in [0.2, 0.25) is 0 Å². The summed E-state index contributed by atoms with van der Waals surface area (Å²) in [5.74, 6) is 0.420. The summed E-state index contributed by atoms with van der Waals surface area (Å²) in [6, 6.07) is 2.02. The Kier molecular flexibility index (Phi) is 3.03. The summed E-state index contributed by atoms with van der Waals surface area (Å²) < 4.78 is 0. The van der Waals surface area contributed by atoms with Gasteiger partial charge in [0, 0.05) is 30.6 Å². The van der Waals surface area contributed by atoms with Crippen LogP contribution in [0.25, 0.3) is 11.0 Å². The Balaban J connectivity index is 1.80. The Morgan fingerprint density at radius 1 is 1.42 bits per heavy atom. The van der Waals surface area contributed by atoms with Crippen molar-refractivity contribution >= 4 is 16.9 Å². The number of rotatable bonds is 2. The van der Waals surface area contributed by atoms with Crippen LogP contribution in [0, 0.1) is 0 Å². The lowest BCUT2D eigenvalue weighted by Gasteiger charge is -2.31. The molecule has 5 nitrogen and oxygen atoms in total. The molecule has 1 aliphatic rings. The fourth-order valence-corrected chi connectivity index (χ4v) is 2.72. The van der Waals surface area contributed by atoms with E-state index in [-0.39, 0.29) is 5.91 Å². The smallest absolute Gasteiger partial charge is 0.245 e. The van der Waals surface area contributed by atoms with Gasteiger partial charge < -0.3 is 9.88 Å². The van der Waals surface area contributed by atoms with Crippen molar-refractivity contribution in [2.75, 3.05) is 13.1 Å². The molecule has 2 aromatic heterocycles. The zero-order valence-electron chi connectivity index (χ0n) is 10.7. The largest absolute Gasteiger partial charge is 0.346 e. The normalized spacial score (nSPS) is 16.7. The quantitative estimate of drug-likeness (QED) is 0.834. The highest BCUT2D eigenvalue weighted by Gasteiger charge is 2.24. The van der Waals surface area contributed by atoms with Gasteiger partial charge in [-0.3, -0.25) is 4.79 Å². The van der Waals surface area contributed by atoms with Gasteiger partial charge in [-0.15, -0.1) is 0 Å². The molecule has 0 atom stereocenters. The van der Waals surface area contributed by atoms with Crippen LogP contribution in [0.5, 0.6) is 0 Å². The Bertz CT molecular complexity index is 611. The molecule has 1 fully saturated rings. The van der Waals surface area contributed by atoms with E-state index in [0.29, 0.717) is 5.92 Å². The third-order valence-corrected chi connectivity index (χ3v) is 3.75. The average molecular weight is 256 g/mol. The minimum atomic E-state index is 0.0212. The van der Waals surface area contributed by atoms with Gasteiger partial charge >= 0.3 is 0 Å². The van der Waals surface area contributed by atoms with E-state index in [1.54, 1.807) is 6.33 Å². The first-order valence-corrected chi connectivity index (χ1v) is 6.49. The molecule has 0 unspecified atom stereocenters. The molecule has 0 bridgehead atoms. The molecule has 0 radical (unpaired) electrons. The molecule has 1 amide bonds. The number of piperidine rings is 1. The number of nitrogens with zero attached hydrogens (tertiary/aromatic N) is 3. The first-order chi connectivity index (χ1) is 9.29.